The number of halogens is 3. The van der Waals surface area contributed by atoms with E-state index < -0.39 is 29.9 Å². The molecule has 12 nitrogen and oxygen atoms in total. The quantitative estimate of drug-likeness (QED) is 0.447. The Morgan fingerprint density at radius 1 is 1.02 bits per heavy atom. The van der Waals surface area contributed by atoms with Gasteiger partial charge in [-0.2, -0.15) is 18.2 Å². The van der Waals surface area contributed by atoms with E-state index >= 15 is 0 Å². The summed E-state index contributed by atoms with van der Waals surface area (Å²) < 4.78 is 39.2. The van der Waals surface area contributed by atoms with Crippen LogP contribution in [0, 0.1) is 17.8 Å². The maximum absolute atomic E-state index is 12.7. The van der Waals surface area contributed by atoms with E-state index in [4.69, 9.17) is 5.11 Å². The van der Waals surface area contributed by atoms with Gasteiger partial charge in [-0.25, -0.2) is 14.4 Å². The molecule has 0 spiro atoms. The molecule has 3 unspecified atom stereocenters. The molecule has 1 aromatic carbocycles. The molecular formula is C27H32F3N7O5. The number of anilines is 1. The molecule has 2 saturated heterocycles. The third-order valence-corrected chi connectivity index (χ3v) is 8.39. The van der Waals surface area contributed by atoms with Gasteiger partial charge in [0.25, 0.3) is 0 Å². The molecule has 1 aliphatic carbocycles. The number of carbonyl (C=O) groups excluding carboxylic acids is 2. The van der Waals surface area contributed by atoms with Crippen LogP contribution < -0.4 is 16.3 Å². The number of hydrogen-bond donors (Lipinski definition) is 3. The molecule has 1 saturated carbocycles. The Morgan fingerprint density at radius 2 is 1.64 bits per heavy atom. The molecule has 2 aromatic rings. The first kappa shape index (κ1) is 29.4. The molecular weight excluding hydrogens is 559 g/mol. The van der Waals surface area contributed by atoms with Crippen LogP contribution in [0.25, 0.3) is 5.69 Å². The summed E-state index contributed by atoms with van der Waals surface area (Å²) in [4.78, 5) is 55.6. The fraction of sp³-hybridized carbons (Fsp3) is 0.519. The molecule has 42 heavy (non-hydrogen) atoms. The molecule has 15 heteroatoms. The number of piperazine rings is 1. The van der Waals surface area contributed by atoms with Crippen molar-refractivity contribution in [2.75, 3.05) is 51.1 Å². The van der Waals surface area contributed by atoms with Crippen molar-refractivity contribution in [2.24, 2.45) is 17.8 Å². The zero-order valence-electron chi connectivity index (χ0n) is 22.9. The molecule has 5 rings (SSSR count). The molecule has 3 N–H and O–H groups in total. The Balaban J connectivity index is 1.10. The van der Waals surface area contributed by atoms with Gasteiger partial charge in [0.1, 0.15) is 5.82 Å². The molecule has 3 fully saturated rings. The zero-order valence-corrected chi connectivity index (χ0v) is 22.9. The van der Waals surface area contributed by atoms with Crippen LogP contribution in [-0.4, -0.2) is 105 Å². The Bertz CT molecular complexity index is 1380. The Hall–Kier alpha value is -4.14. The lowest BCUT2D eigenvalue weighted by molar-refractivity contribution is -0.186. The second kappa shape index (κ2) is 11.6. The van der Waals surface area contributed by atoms with Crippen molar-refractivity contribution in [3.05, 3.63) is 52.6 Å². The summed E-state index contributed by atoms with van der Waals surface area (Å²) >= 11 is 0. The summed E-state index contributed by atoms with van der Waals surface area (Å²) in [5.41, 5.74) is 1.10. The lowest BCUT2D eigenvalue weighted by atomic mass is 10.0. The summed E-state index contributed by atoms with van der Waals surface area (Å²) in [6.45, 7) is 3.96. The minimum atomic E-state index is -4.96. The largest absolute Gasteiger partial charge is 0.471 e. The van der Waals surface area contributed by atoms with Crippen molar-refractivity contribution < 1.29 is 32.7 Å². The van der Waals surface area contributed by atoms with Crippen LogP contribution in [0.4, 0.5) is 28.6 Å². The molecule has 3 aliphatic rings. The first-order valence-electron chi connectivity index (χ1n) is 13.7. The Kier molecular flexibility index (Phi) is 8.12. The number of aromatic nitrogens is 2. The standard InChI is InChI=1S/C27H32F3N7O5/c1-16(36-14-20-19(21(20)15-36)13-31-26(41)42)12-17-2-4-18(5-3-17)37-7-6-22(33-25(37)40)32-24(39)35-10-8-34(9-11-35)23(38)27(28,29)30/h2-7,16,19-21,31H,8-15H2,1H3,(H,41,42)(H,32,33,39,40). The van der Waals surface area contributed by atoms with Gasteiger partial charge in [-0.3, -0.25) is 19.6 Å². The van der Waals surface area contributed by atoms with E-state index in [2.05, 4.69) is 27.4 Å². The van der Waals surface area contributed by atoms with Crippen molar-refractivity contribution in [3.63, 3.8) is 0 Å². The SMILES string of the molecule is CC(Cc1ccc(-n2ccc(NC(=O)N3CCN(C(=O)C(F)(F)F)CC3)nc2=O)cc1)N1CC2C(CNC(=O)O)C2C1. The third-order valence-electron chi connectivity index (χ3n) is 8.39. The van der Waals surface area contributed by atoms with Gasteiger partial charge in [0.05, 0.1) is 5.69 Å². The molecule has 3 atom stereocenters. The van der Waals surface area contributed by atoms with Gasteiger partial charge in [0.2, 0.25) is 0 Å². The highest BCUT2D eigenvalue weighted by molar-refractivity contribution is 5.88. The number of carboxylic acid groups (broad SMARTS) is 1. The smallest absolute Gasteiger partial charge is 0.465 e. The molecule has 3 heterocycles. The molecule has 4 amide bonds. The predicted molar refractivity (Wildman–Crippen MR) is 144 cm³/mol. The van der Waals surface area contributed by atoms with Crippen LogP contribution in [0.1, 0.15) is 12.5 Å². The van der Waals surface area contributed by atoms with Crippen molar-refractivity contribution in [1.82, 2.24) is 29.6 Å². The van der Waals surface area contributed by atoms with Crippen LogP contribution in [0.3, 0.4) is 0 Å². The first-order chi connectivity index (χ1) is 19.9. The third kappa shape index (κ3) is 6.50. The van der Waals surface area contributed by atoms with Crippen molar-refractivity contribution in [3.8, 4) is 5.69 Å². The fourth-order valence-electron chi connectivity index (χ4n) is 5.96. The average Bonchev–Trinajstić information content (AvgIpc) is 3.39. The van der Waals surface area contributed by atoms with Crippen LogP contribution in [0.2, 0.25) is 0 Å². The lowest BCUT2D eigenvalue weighted by Gasteiger charge is -2.34. The minimum absolute atomic E-state index is 0.00475. The van der Waals surface area contributed by atoms with Gasteiger partial charge in [0.15, 0.2) is 0 Å². The zero-order chi connectivity index (χ0) is 30.2. The van der Waals surface area contributed by atoms with E-state index in [0.717, 1.165) is 25.1 Å². The highest BCUT2D eigenvalue weighted by atomic mass is 19.4. The van der Waals surface area contributed by atoms with E-state index in [0.29, 0.717) is 40.9 Å². The second-order valence-electron chi connectivity index (χ2n) is 11.0. The topological polar surface area (TPSA) is 140 Å². The van der Waals surface area contributed by atoms with Gasteiger partial charge in [-0.05, 0) is 54.9 Å². The second-order valence-corrected chi connectivity index (χ2v) is 11.0. The molecule has 2 aliphatic heterocycles. The number of nitrogens with one attached hydrogen (secondary N) is 2. The fourth-order valence-corrected chi connectivity index (χ4v) is 5.96. The lowest BCUT2D eigenvalue weighted by Crippen LogP contribution is -2.54. The van der Waals surface area contributed by atoms with Gasteiger partial charge in [-0.15, -0.1) is 0 Å². The maximum Gasteiger partial charge on any atom is 0.471 e. The number of likely N-dealkylation sites (tertiary alicyclic amines) is 1. The molecule has 226 valence electrons. The number of fused-ring (bicyclic) bond motifs is 1. The summed E-state index contributed by atoms with van der Waals surface area (Å²) in [5.74, 6) is -0.392. The van der Waals surface area contributed by atoms with Crippen molar-refractivity contribution in [2.45, 2.75) is 25.6 Å². The first-order valence-corrected chi connectivity index (χ1v) is 13.7. The minimum Gasteiger partial charge on any atom is -0.465 e. The monoisotopic (exact) mass is 591 g/mol. The van der Waals surface area contributed by atoms with E-state index in [1.807, 2.05) is 24.3 Å². The average molecular weight is 592 g/mol. The Labute approximate surface area is 239 Å². The highest BCUT2D eigenvalue weighted by Gasteiger charge is 2.55. The number of nitrogens with zero attached hydrogens (tertiary/aromatic N) is 5. The number of amides is 4. The van der Waals surface area contributed by atoms with Crippen LogP contribution in [0.5, 0.6) is 0 Å². The Morgan fingerprint density at radius 3 is 2.21 bits per heavy atom. The number of alkyl halides is 3. The summed E-state index contributed by atoms with van der Waals surface area (Å²) in [6, 6.07) is 8.69. The van der Waals surface area contributed by atoms with Gasteiger partial charge in [-0.1, -0.05) is 12.1 Å². The van der Waals surface area contributed by atoms with Crippen molar-refractivity contribution >= 4 is 23.8 Å². The number of rotatable bonds is 7. The number of piperidine rings is 1. The number of carbonyl (C=O) groups is 3. The number of hydrogen-bond acceptors (Lipinski definition) is 6. The van der Waals surface area contributed by atoms with E-state index in [-0.39, 0.29) is 32.0 Å². The van der Waals surface area contributed by atoms with Crippen LogP contribution in [-0.2, 0) is 11.2 Å². The van der Waals surface area contributed by atoms with Crippen LogP contribution >= 0.6 is 0 Å². The molecule has 1 aromatic heterocycles. The molecule has 0 bridgehead atoms. The van der Waals surface area contributed by atoms with Crippen LogP contribution in [0.15, 0.2) is 41.3 Å². The number of benzene rings is 1. The van der Waals surface area contributed by atoms with Gasteiger partial charge < -0.3 is 20.2 Å². The van der Waals surface area contributed by atoms with E-state index in [1.165, 1.54) is 21.7 Å². The van der Waals surface area contributed by atoms with Crippen molar-refractivity contribution in [1.29, 1.82) is 0 Å². The summed E-state index contributed by atoms with van der Waals surface area (Å²) in [7, 11) is 0. The summed E-state index contributed by atoms with van der Waals surface area (Å²) in [5, 5.41) is 13.8. The highest BCUT2D eigenvalue weighted by Crippen LogP contribution is 2.51. The predicted octanol–water partition coefficient (Wildman–Crippen LogP) is 1.85. The summed E-state index contributed by atoms with van der Waals surface area (Å²) in [6.07, 6.45) is -3.63. The molecule has 0 radical (unpaired) electrons. The van der Waals surface area contributed by atoms with E-state index in [1.54, 1.807) is 0 Å². The maximum atomic E-state index is 12.7. The normalized spacial score (nSPS) is 22.8. The van der Waals surface area contributed by atoms with Gasteiger partial charge >= 0.3 is 29.9 Å². The van der Waals surface area contributed by atoms with E-state index in [9.17, 15) is 32.3 Å². The van der Waals surface area contributed by atoms with Gasteiger partial charge in [0, 0.05) is 58.1 Å². The number of urea groups is 1.